The van der Waals surface area contributed by atoms with Gasteiger partial charge in [-0.15, -0.1) is 0 Å². The Labute approximate surface area is 95.0 Å². The number of rotatable bonds is 4. The van der Waals surface area contributed by atoms with E-state index in [1.807, 2.05) is 0 Å². The third kappa shape index (κ3) is 8.43. The van der Waals surface area contributed by atoms with Crippen LogP contribution in [0.2, 0.25) is 0 Å². The average molecular weight is 213 g/mol. The van der Waals surface area contributed by atoms with Crippen molar-refractivity contribution in [1.29, 1.82) is 0 Å². The summed E-state index contributed by atoms with van der Waals surface area (Å²) in [6.07, 6.45) is 0.967. The SMILES string of the molecule is CCC(=NC(C)CN(C)C)NC(C)(C)C. The highest BCUT2D eigenvalue weighted by molar-refractivity contribution is 5.82. The summed E-state index contributed by atoms with van der Waals surface area (Å²) in [6, 6.07) is 0.352. The van der Waals surface area contributed by atoms with Crippen molar-refractivity contribution in [1.82, 2.24) is 10.2 Å². The molecule has 15 heavy (non-hydrogen) atoms. The molecule has 1 atom stereocenters. The van der Waals surface area contributed by atoms with Crippen LogP contribution in [0.25, 0.3) is 0 Å². The van der Waals surface area contributed by atoms with Crippen LogP contribution >= 0.6 is 0 Å². The summed E-state index contributed by atoms with van der Waals surface area (Å²) < 4.78 is 0. The van der Waals surface area contributed by atoms with Crippen LogP contribution in [0.15, 0.2) is 4.99 Å². The molecule has 0 heterocycles. The fourth-order valence-electron chi connectivity index (χ4n) is 1.48. The predicted octanol–water partition coefficient (Wildman–Crippen LogP) is 2.13. The molecule has 0 aromatic rings. The van der Waals surface area contributed by atoms with Crippen molar-refractivity contribution in [3.05, 3.63) is 0 Å². The first-order valence-electron chi connectivity index (χ1n) is 5.74. The fourth-order valence-corrected chi connectivity index (χ4v) is 1.48. The molecule has 1 N–H and O–H groups in total. The van der Waals surface area contributed by atoms with Crippen molar-refractivity contribution < 1.29 is 0 Å². The highest BCUT2D eigenvalue weighted by Crippen LogP contribution is 2.02. The quantitative estimate of drug-likeness (QED) is 0.572. The Morgan fingerprint density at radius 2 is 1.87 bits per heavy atom. The minimum absolute atomic E-state index is 0.104. The van der Waals surface area contributed by atoms with Gasteiger partial charge >= 0.3 is 0 Å². The zero-order chi connectivity index (χ0) is 12.1. The van der Waals surface area contributed by atoms with Gasteiger partial charge in [0.1, 0.15) is 0 Å². The van der Waals surface area contributed by atoms with Gasteiger partial charge in [0.25, 0.3) is 0 Å². The van der Waals surface area contributed by atoms with Crippen LogP contribution in [-0.4, -0.2) is 43.0 Å². The first-order valence-corrected chi connectivity index (χ1v) is 5.74. The summed E-state index contributed by atoms with van der Waals surface area (Å²) in [4.78, 5) is 6.85. The monoisotopic (exact) mass is 213 g/mol. The van der Waals surface area contributed by atoms with Gasteiger partial charge in [-0.25, -0.2) is 0 Å². The van der Waals surface area contributed by atoms with Crippen LogP contribution in [0.1, 0.15) is 41.0 Å². The number of amidine groups is 1. The lowest BCUT2D eigenvalue weighted by Gasteiger charge is -2.24. The van der Waals surface area contributed by atoms with Crippen LogP contribution in [-0.2, 0) is 0 Å². The Morgan fingerprint density at radius 1 is 1.33 bits per heavy atom. The molecule has 0 rings (SSSR count). The largest absolute Gasteiger partial charge is 0.369 e. The summed E-state index contributed by atoms with van der Waals surface area (Å²) in [7, 11) is 4.16. The van der Waals surface area contributed by atoms with E-state index in [1.54, 1.807) is 0 Å². The van der Waals surface area contributed by atoms with Crippen molar-refractivity contribution in [2.45, 2.75) is 52.6 Å². The van der Waals surface area contributed by atoms with Crippen LogP contribution in [0.3, 0.4) is 0 Å². The molecule has 0 spiro atoms. The number of hydrogen-bond acceptors (Lipinski definition) is 2. The molecule has 1 unspecified atom stereocenters. The molecule has 0 amide bonds. The molecule has 3 heteroatoms. The second kappa shape index (κ2) is 6.11. The van der Waals surface area contributed by atoms with E-state index in [2.05, 4.69) is 63.9 Å². The summed E-state index contributed by atoms with van der Waals surface area (Å²) in [6.45, 7) is 11.8. The lowest BCUT2D eigenvalue weighted by atomic mass is 10.1. The van der Waals surface area contributed by atoms with E-state index in [9.17, 15) is 0 Å². The van der Waals surface area contributed by atoms with Crippen molar-refractivity contribution in [3.63, 3.8) is 0 Å². The van der Waals surface area contributed by atoms with Gasteiger partial charge in [0.15, 0.2) is 0 Å². The number of nitrogens with zero attached hydrogens (tertiary/aromatic N) is 2. The molecule has 0 bridgehead atoms. The number of hydrogen-bond donors (Lipinski definition) is 1. The average Bonchev–Trinajstić information content (AvgIpc) is 1.98. The third-order valence-electron chi connectivity index (χ3n) is 1.86. The van der Waals surface area contributed by atoms with Gasteiger partial charge in [0, 0.05) is 18.5 Å². The Morgan fingerprint density at radius 3 is 2.20 bits per heavy atom. The van der Waals surface area contributed by atoms with Crippen LogP contribution in [0, 0.1) is 0 Å². The standard InChI is InChI=1S/C12H27N3/c1-8-11(14-12(3,4)5)13-10(2)9-15(6)7/h10H,8-9H2,1-7H3,(H,13,14). The van der Waals surface area contributed by atoms with Crippen molar-refractivity contribution in [2.75, 3.05) is 20.6 Å². The summed E-state index contributed by atoms with van der Waals surface area (Å²) in [5, 5.41) is 3.44. The lowest BCUT2D eigenvalue weighted by molar-refractivity contribution is 0.382. The van der Waals surface area contributed by atoms with Crippen LogP contribution in [0.4, 0.5) is 0 Å². The van der Waals surface area contributed by atoms with Gasteiger partial charge in [-0.3, -0.25) is 4.99 Å². The maximum absolute atomic E-state index is 4.68. The normalized spacial score (nSPS) is 15.6. The van der Waals surface area contributed by atoms with Gasteiger partial charge in [0.2, 0.25) is 0 Å². The summed E-state index contributed by atoms with van der Waals surface area (Å²) in [5.41, 5.74) is 0.104. The molecule has 0 aromatic carbocycles. The van der Waals surface area contributed by atoms with Gasteiger partial charge in [-0.05, 0) is 41.8 Å². The molecule has 90 valence electrons. The van der Waals surface area contributed by atoms with Crippen molar-refractivity contribution in [2.24, 2.45) is 4.99 Å². The first kappa shape index (κ1) is 14.4. The zero-order valence-corrected chi connectivity index (χ0v) is 11.4. The topological polar surface area (TPSA) is 27.6 Å². The second-order valence-corrected chi connectivity index (χ2v) is 5.42. The van der Waals surface area contributed by atoms with Crippen LogP contribution < -0.4 is 5.32 Å². The molecule has 0 fully saturated rings. The molecular formula is C12H27N3. The maximum Gasteiger partial charge on any atom is 0.0968 e. The smallest absolute Gasteiger partial charge is 0.0968 e. The Hall–Kier alpha value is -0.570. The Kier molecular flexibility index (Phi) is 5.88. The molecule has 0 radical (unpaired) electrons. The van der Waals surface area contributed by atoms with Crippen molar-refractivity contribution >= 4 is 5.84 Å². The zero-order valence-electron chi connectivity index (χ0n) is 11.4. The Balaban J connectivity index is 4.32. The van der Waals surface area contributed by atoms with Crippen LogP contribution in [0.5, 0.6) is 0 Å². The molecule has 0 saturated heterocycles. The van der Waals surface area contributed by atoms with E-state index in [0.717, 1.165) is 18.8 Å². The summed E-state index contributed by atoms with van der Waals surface area (Å²) >= 11 is 0. The van der Waals surface area contributed by atoms with E-state index in [-0.39, 0.29) is 5.54 Å². The maximum atomic E-state index is 4.68. The molecule has 0 aliphatic rings. The van der Waals surface area contributed by atoms with Gasteiger partial charge in [-0.2, -0.15) is 0 Å². The molecule has 0 aromatic heterocycles. The van der Waals surface area contributed by atoms with Gasteiger partial charge in [-0.1, -0.05) is 6.92 Å². The van der Waals surface area contributed by atoms with E-state index in [1.165, 1.54) is 0 Å². The minimum Gasteiger partial charge on any atom is -0.369 e. The van der Waals surface area contributed by atoms with Gasteiger partial charge < -0.3 is 10.2 Å². The molecule has 0 aliphatic heterocycles. The lowest BCUT2D eigenvalue weighted by Crippen LogP contribution is -2.41. The van der Waals surface area contributed by atoms with E-state index in [0.29, 0.717) is 6.04 Å². The molecular weight excluding hydrogens is 186 g/mol. The van der Waals surface area contributed by atoms with E-state index >= 15 is 0 Å². The van der Waals surface area contributed by atoms with Crippen molar-refractivity contribution in [3.8, 4) is 0 Å². The fraction of sp³-hybridized carbons (Fsp3) is 0.917. The number of nitrogens with one attached hydrogen (secondary N) is 1. The number of aliphatic imine (C=N–C) groups is 1. The van der Waals surface area contributed by atoms with E-state index in [4.69, 9.17) is 0 Å². The minimum atomic E-state index is 0.104. The first-order chi connectivity index (χ1) is 6.74. The molecule has 0 aliphatic carbocycles. The molecule has 0 saturated carbocycles. The summed E-state index contributed by atoms with van der Waals surface area (Å²) in [5.74, 6) is 1.11. The highest BCUT2D eigenvalue weighted by Gasteiger charge is 2.11. The predicted molar refractivity (Wildman–Crippen MR) is 68.6 cm³/mol. The Bertz CT molecular complexity index is 201. The van der Waals surface area contributed by atoms with E-state index < -0.39 is 0 Å². The third-order valence-corrected chi connectivity index (χ3v) is 1.86. The number of likely N-dealkylation sites (N-methyl/N-ethyl adjacent to an activating group) is 1. The van der Waals surface area contributed by atoms with Gasteiger partial charge in [0.05, 0.1) is 11.9 Å². The second-order valence-electron chi connectivity index (χ2n) is 5.42. The highest BCUT2D eigenvalue weighted by atomic mass is 15.1. The molecule has 3 nitrogen and oxygen atoms in total.